The summed E-state index contributed by atoms with van der Waals surface area (Å²) < 4.78 is 0. The monoisotopic (exact) mass is 208 g/mol. The van der Waals surface area contributed by atoms with Gasteiger partial charge in [0.2, 0.25) is 0 Å². The van der Waals surface area contributed by atoms with E-state index in [0.717, 1.165) is 0 Å². The molecule has 0 bridgehead atoms. The molecule has 82 valence electrons. The first-order valence-corrected chi connectivity index (χ1v) is 5.00. The molecule has 1 aromatic rings. The Hall–Kier alpha value is -1.35. The van der Waals surface area contributed by atoms with Crippen LogP contribution < -0.4 is 0 Å². The minimum atomic E-state index is -1.32. The molecule has 0 radical (unpaired) electrons. The fourth-order valence-electron chi connectivity index (χ4n) is 1.79. The summed E-state index contributed by atoms with van der Waals surface area (Å²) >= 11 is 0. The zero-order chi connectivity index (χ0) is 11.5. The molecule has 0 aliphatic heterocycles. The first-order chi connectivity index (χ1) is 7.00. The predicted octanol–water partition coefficient (Wildman–Crippen LogP) is 2.00. The summed E-state index contributed by atoms with van der Waals surface area (Å²) in [6, 6.07) is 8.90. The molecule has 0 saturated carbocycles. The molecule has 3 nitrogen and oxygen atoms in total. The number of hydrogen-bond acceptors (Lipinski definition) is 2. The van der Waals surface area contributed by atoms with Crippen LogP contribution in [-0.2, 0) is 10.4 Å². The van der Waals surface area contributed by atoms with Crippen LogP contribution in [0.15, 0.2) is 30.3 Å². The average molecular weight is 208 g/mol. The van der Waals surface area contributed by atoms with E-state index < -0.39 is 17.5 Å². The molecule has 0 spiro atoms. The molecule has 0 heterocycles. The average Bonchev–Trinajstić information content (AvgIpc) is 2.19. The van der Waals surface area contributed by atoms with E-state index >= 15 is 0 Å². The fraction of sp³-hybridized carbons (Fsp3) is 0.417. The van der Waals surface area contributed by atoms with Crippen LogP contribution in [0, 0.1) is 5.92 Å². The van der Waals surface area contributed by atoms with Crippen molar-refractivity contribution in [1.29, 1.82) is 0 Å². The van der Waals surface area contributed by atoms with Gasteiger partial charge in [-0.15, -0.1) is 0 Å². The van der Waals surface area contributed by atoms with E-state index in [-0.39, 0.29) is 0 Å². The highest BCUT2D eigenvalue weighted by molar-refractivity contribution is 5.71. The predicted molar refractivity (Wildman–Crippen MR) is 57.4 cm³/mol. The van der Waals surface area contributed by atoms with Crippen molar-refractivity contribution in [3.63, 3.8) is 0 Å². The van der Waals surface area contributed by atoms with Gasteiger partial charge in [-0.2, -0.15) is 0 Å². The SMILES string of the molecule is CCC(C(=O)O)C(C)(O)c1ccccc1. The van der Waals surface area contributed by atoms with Gasteiger partial charge >= 0.3 is 5.97 Å². The zero-order valence-corrected chi connectivity index (χ0v) is 8.97. The van der Waals surface area contributed by atoms with Crippen LogP contribution in [0.5, 0.6) is 0 Å². The van der Waals surface area contributed by atoms with Crippen molar-refractivity contribution in [1.82, 2.24) is 0 Å². The van der Waals surface area contributed by atoms with Gasteiger partial charge in [-0.3, -0.25) is 4.79 Å². The number of carboxylic acid groups (broad SMARTS) is 1. The van der Waals surface area contributed by atoms with Crippen molar-refractivity contribution in [3.8, 4) is 0 Å². The Balaban J connectivity index is 3.05. The maximum absolute atomic E-state index is 11.0. The van der Waals surface area contributed by atoms with Crippen molar-refractivity contribution >= 4 is 5.97 Å². The van der Waals surface area contributed by atoms with Gasteiger partial charge in [-0.1, -0.05) is 37.3 Å². The first-order valence-electron chi connectivity index (χ1n) is 5.00. The maximum Gasteiger partial charge on any atom is 0.309 e. The van der Waals surface area contributed by atoms with Crippen LogP contribution in [0.2, 0.25) is 0 Å². The topological polar surface area (TPSA) is 57.5 Å². The summed E-state index contributed by atoms with van der Waals surface area (Å²) in [5.41, 5.74) is -0.679. The van der Waals surface area contributed by atoms with Crippen LogP contribution >= 0.6 is 0 Å². The molecule has 0 aliphatic carbocycles. The van der Waals surface area contributed by atoms with E-state index in [4.69, 9.17) is 5.11 Å². The van der Waals surface area contributed by atoms with Crippen LogP contribution in [0.3, 0.4) is 0 Å². The van der Waals surface area contributed by atoms with Crippen molar-refractivity contribution in [2.75, 3.05) is 0 Å². The Morgan fingerprint density at radius 1 is 1.40 bits per heavy atom. The summed E-state index contributed by atoms with van der Waals surface area (Å²) in [5.74, 6) is -1.74. The van der Waals surface area contributed by atoms with Gasteiger partial charge in [0.1, 0.15) is 5.60 Å². The van der Waals surface area contributed by atoms with Gasteiger partial charge in [0.15, 0.2) is 0 Å². The smallest absolute Gasteiger partial charge is 0.309 e. The van der Waals surface area contributed by atoms with Gasteiger partial charge in [-0.05, 0) is 18.9 Å². The summed E-state index contributed by atoms with van der Waals surface area (Å²) in [6.45, 7) is 3.31. The third-order valence-corrected chi connectivity index (χ3v) is 2.74. The highest BCUT2D eigenvalue weighted by Crippen LogP contribution is 2.31. The summed E-state index contributed by atoms with van der Waals surface area (Å²) in [6.07, 6.45) is 0.400. The first kappa shape index (κ1) is 11.7. The summed E-state index contributed by atoms with van der Waals surface area (Å²) in [4.78, 5) is 11.0. The van der Waals surface area contributed by atoms with Crippen LogP contribution in [0.1, 0.15) is 25.8 Å². The molecule has 2 unspecified atom stereocenters. The molecular weight excluding hydrogens is 192 g/mol. The molecule has 1 rings (SSSR count). The standard InChI is InChI=1S/C12H16O3/c1-3-10(11(13)14)12(2,15)9-7-5-4-6-8-9/h4-8,10,15H,3H2,1-2H3,(H,13,14). The quantitative estimate of drug-likeness (QED) is 0.795. The Labute approximate surface area is 89.4 Å². The van der Waals surface area contributed by atoms with E-state index in [1.165, 1.54) is 0 Å². The minimum Gasteiger partial charge on any atom is -0.481 e. The molecule has 2 atom stereocenters. The van der Waals surface area contributed by atoms with E-state index in [9.17, 15) is 9.90 Å². The highest BCUT2D eigenvalue weighted by atomic mass is 16.4. The second-order valence-corrected chi connectivity index (χ2v) is 3.81. The van der Waals surface area contributed by atoms with E-state index in [1.807, 2.05) is 6.07 Å². The summed E-state index contributed by atoms with van der Waals surface area (Å²) in [5, 5.41) is 19.2. The number of hydrogen-bond donors (Lipinski definition) is 2. The van der Waals surface area contributed by atoms with E-state index in [1.54, 1.807) is 38.1 Å². The van der Waals surface area contributed by atoms with Gasteiger partial charge in [0, 0.05) is 0 Å². The Morgan fingerprint density at radius 2 is 1.93 bits per heavy atom. The molecule has 0 aromatic heterocycles. The van der Waals surface area contributed by atoms with E-state index in [2.05, 4.69) is 0 Å². The zero-order valence-electron chi connectivity index (χ0n) is 8.97. The van der Waals surface area contributed by atoms with Gasteiger partial charge in [0.05, 0.1) is 5.92 Å². The summed E-state index contributed by atoms with van der Waals surface area (Å²) in [7, 11) is 0. The molecule has 2 N–H and O–H groups in total. The molecule has 15 heavy (non-hydrogen) atoms. The number of aliphatic hydroxyl groups is 1. The Kier molecular flexibility index (Phi) is 3.48. The lowest BCUT2D eigenvalue weighted by Crippen LogP contribution is -2.36. The van der Waals surface area contributed by atoms with Crippen molar-refractivity contribution in [2.24, 2.45) is 5.92 Å². The maximum atomic E-state index is 11.0. The molecule has 0 amide bonds. The van der Waals surface area contributed by atoms with Gasteiger partial charge in [-0.25, -0.2) is 0 Å². The lowest BCUT2D eigenvalue weighted by Gasteiger charge is -2.29. The van der Waals surface area contributed by atoms with Crippen LogP contribution in [-0.4, -0.2) is 16.2 Å². The van der Waals surface area contributed by atoms with Crippen molar-refractivity contribution < 1.29 is 15.0 Å². The van der Waals surface area contributed by atoms with Crippen molar-refractivity contribution in [3.05, 3.63) is 35.9 Å². The number of carbonyl (C=O) groups is 1. The van der Waals surface area contributed by atoms with E-state index in [0.29, 0.717) is 12.0 Å². The highest BCUT2D eigenvalue weighted by Gasteiger charge is 2.37. The fourth-order valence-corrected chi connectivity index (χ4v) is 1.79. The number of aliphatic carboxylic acids is 1. The normalized spacial score (nSPS) is 16.7. The van der Waals surface area contributed by atoms with Gasteiger partial charge < -0.3 is 10.2 Å². The number of rotatable bonds is 4. The second-order valence-electron chi connectivity index (χ2n) is 3.81. The third-order valence-electron chi connectivity index (χ3n) is 2.74. The second kappa shape index (κ2) is 4.45. The number of benzene rings is 1. The minimum absolute atomic E-state index is 0.400. The third kappa shape index (κ3) is 2.36. The van der Waals surface area contributed by atoms with Crippen molar-refractivity contribution in [2.45, 2.75) is 25.9 Å². The molecular formula is C12H16O3. The lowest BCUT2D eigenvalue weighted by atomic mass is 9.81. The number of carboxylic acids is 1. The van der Waals surface area contributed by atoms with Gasteiger partial charge in [0.25, 0.3) is 0 Å². The van der Waals surface area contributed by atoms with Crippen LogP contribution in [0.25, 0.3) is 0 Å². The molecule has 0 fully saturated rings. The van der Waals surface area contributed by atoms with Crippen LogP contribution in [0.4, 0.5) is 0 Å². The molecule has 0 aliphatic rings. The molecule has 1 aromatic carbocycles. The largest absolute Gasteiger partial charge is 0.481 e. The Morgan fingerprint density at radius 3 is 2.33 bits per heavy atom. The molecule has 3 heteroatoms. The molecule has 0 saturated heterocycles. The Bertz CT molecular complexity index is 330. The lowest BCUT2D eigenvalue weighted by molar-refractivity contribution is -0.152.